The van der Waals surface area contributed by atoms with Gasteiger partial charge in [-0.1, -0.05) is 53.2 Å². The molecule has 0 aliphatic heterocycles. The van der Waals surface area contributed by atoms with Gasteiger partial charge in [0.15, 0.2) is 5.13 Å². The Kier molecular flexibility index (Phi) is 4.94. The highest BCUT2D eigenvalue weighted by atomic mass is 79.9. The molecule has 0 spiro atoms. The number of aromatic nitrogens is 1. The van der Waals surface area contributed by atoms with Gasteiger partial charge >= 0.3 is 0 Å². The Balaban J connectivity index is 1.84. The van der Waals surface area contributed by atoms with Gasteiger partial charge in [0, 0.05) is 4.47 Å². The maximum absolute atomic E-state index is 12.5. The average molecular weight is 425 g/mol. The number of hydrogen-bond acceptors (Lipinski definition) is 4. The summed E-state index contributed by atoms with van der Waals surface area (Å²) in [6, 6.07) is 12.7. The summed E-state index contributed by atoms with van der Waals surface area (Å²) in [5, 5.41) is 0.370. The summed E-state index contributed by atoms with van der Waals surface area (Å²) in [4.78, 5) is 4.57. The van der Waals surface area contributed by atoms with Crippen molar-refractivity contribution in [3.63, 3.8) is 0 Å². The molecule has 0 unspecified atom stereocenters. The van der Waals surface area contributed by atoms with E-state index in [0.29, 0.717) is 11.0 Å². The van der Waals surface area contributed by atoms with Gasteiger partial charge in [-0.15, -0.1) is 0 Å². The molecule has 0 aliphatic rings. The van der Waals surface area contributed by atoms with E-state index >= 15 is 0 Å². The zero-order valence-electron chi connectivity index (χ0n) is 13.3. The number of nitrogens with one attached hydrogen (secondary N) is 1. The van der Waals surface area contributed by atoms with Crippen molar-refractivity contribution in [3.8, 4) is 0 Å². The minimum absolute atomic E-state index is 0.246. The molecule has 0 aliphatic carbocycles. The van der Waals surface area contributed by atoms with Crippen LogP contribution in [-0.4, -0.2) is 13.4 Å². The minimum Gasteiger partial charge on any atom is -0.255 e. The van der Waals surface area contributed by atoms with Gasteiger partial charge in [0.05, 0.1) is 15.1 Å². The Morgan fingerprint density at radius 2 is 1.88 bits per heavy atom. The fraction of sp³-hybridized carbons (Fsp3) is 0.235. The normalized spacial score (nSPS) is 12.0. The number of thiazole rings is 1. The van der Waals surface area contributed by atoms with Crippen molar-refractivity contribution in [2.45, 2.75) is 25.2 Å². The van der Waals surface area contributed by atoms with Crippen molar-refractivity contribution in [3.05, 3.63) is 52.5 Å². The molecule has 0 amide bonds. The summed E-state index contributed by atoms with van der Waals surface area (Å²) in [6.07, 6.45) is 0.931. The number of halogens is 1. The summed E-state index contributed by atoms with van der Waals surface area (Å²) in [6.45, 7) is 4.27. The average Bonchev–Trinajstić information content (AvgIpc) is 2.87. The molecule has 24 heavy (non-hydrogen) atoms. The number of nitrogens with zero attached hydrogens (tertiary/aromatic N) is 1. The Labute approximate surface area is 154 Å². The molecule has 7 heteroatoms. The highest BCUT2D eigenvalue weighted by molar-refractivity contribution is 9.10. The first-order valence-electron chi connectivity index (χ1n) is 7.51. The van der Waals surface area contributed by atoms with E-state index in [-0.39, 0.29) is 4.90 Å². The molecule has 0 atom stereocenters. The van der Waals surface area contributed by atoms with E-state index in [0.717, 1.165) is 26.7 Å². The van der Waals surface area contributed by atoms with Crippen molar-refractivity contribution in [2.24, 2.45) is 5.92 Å². The first-order chi connectivity index (χ1) is 11.3. The van der Waals surface area contributed by atoms with Gasteiger partial charge in [0.25, 0.3) is 10.0 Å². The van der Waals surface area contributed by atoms with Crippen LogP contribution in [0, 0.1) is 5.92 Å². The third-order valence-electron chi connectivity index (χ3n) is 3.45. The molecule has 0 saturated carbocycles. The quantitative estimate of drug-likeness (QED) is 0.622. The van der Waals surface area contributed by atoms with E-state index in [4.69, 9.17) is 0 Å². The van der Waals surface area contributed by atoms with Gasteiger partial charge in [-0.3, -0.25) is 4.72 Å². The lowest BCUT2D eigenvalue weighted by Crippen LogP contribution is -2.12. The van der Waals surface area contributed by atoms with Crippen molar-refractivity contribution in [2.75, 3.05) is 4.72 Å². The summed E-state index contributed by atoms with van der Waals surface area (Å²) < 4.78 is 29.5. The van der Waals surface area contributed by atoms with Crippen LogP contribution in [0.15, 0.2) is 51.8 Å². The number of rotatable bonds is 5. The van der Waals surface area contributed by atoms with Crippen LogP contribution >= 0.6 is 27.3 Å². The SMILES string of the molecule is CC(C)Cc1ccc(S(=O)(=O)Nc2nc3ccc(Br)cc3s2)cc1. The molecule has 3 aromatic rings. The molecule has 3 rings (SSSR count). The van der Waals surface area contributed by atoms with E-state index < -0.39 is 10.0 Å². The molecular formula is C17H17BrN2O2S2. The molecule has 0 bridgehead atoms. The lowest BCUT2D eigenvalue weighted by atomic mass is 10.0. The van der Waals surface area contributed by atoms with Gasteiger partial charge in [0.2, 0.25) is 0 Å². The summed E-state index contributed by atoms with van der Waals surface area (Å²) in [7, 11) is -3.63. The van der Waals surface area contributed by atoms with Gasteiger partial charge in [0.1, 0.15) is 0 Å². The van der Waals surface area contributed by atoms with E-state index in [1.54, 1.807) is 12.1 Å². The molecule has 2 aromatic carbocycles. The fourth-order valence-corrected chi connectivity index (χ4v) is 5.04. The van der Waals surface area contributed by atoms with Gasteiger partial charge < -0.3 is 0 Å². The Morgan fingerprint density at radius 3 is 2.54 bits per heavy atom. The number of fused-ring (bicyclic) bond motifs is 1. The van der Waals surface area contributed by atoms with E-state index in [1.807, 2.05) is 30.3 Å². The second-order valence-electron chi connectivity index (χ2n) is 5.98. The second-order valence-corrected chi connectivity index (χ2v) is 9.61. The highest BCUT2D eigenvalue weighted by Crippen LogP contribution is 2.29. The Bertz CT molecular complexity index is 964. The first kappa shape index (κ1) is 17.4. The standard InChI is InChI=1S/C17H17BrN2O2S2/c1-11(2)9-12-3-6-14(7-4-12)24(21,22)20-17-19-15-8-5-13(18)10-16(15)23-17/h3-8,10-11H,9H2,1-2H3,(H,19,20). The van der Waals surface area contributed by atoms with Crippen LogP contribution in [0.25, 0.3) is 10.2 Å². The molecular weight excluding hydrogens is 408 g/mol. The number of hydrogen-bond donors (Lipinski definition) is 1. The van der Waals surface area contributed by atoms with E-state index in [9.17, 15) is 8.42 Å². The largest absolute Gasteiger partial charge is 0.263 e. The summed E-state index contributed by atoms with van der Waals surface area (Å²) in [5.74, 6) is 0.535. The van der Waals surface area contributed by atoms with Crippen LogP contribution < -0.4 is 4.72 Å². The lowest BCUT2D eigenvalue weighted by Gasteiger charge is -2.08. The zero-order valence-corrected chi connectivity index (χ0v) is 16.5. The van der Waals surface area contributed by atoms with Crippen LogP contribution in [0.5, 0.6) is 0 Å². The van der Waals surface area contributed by atoms with Crippen LogP contribution in [0.2, 0.25) is 0 Å². The van der Waals surface area contributed by atoms with Crippen molar-refractivity contribution >= 4 is 52.6 Å². The summed E-state index contributed by atoms with van der Waals surface area (Å²) >= 11 is 4.72. The van der Waals surface area contributed by atoms with Crippen LogP contribution in [0.4, 0.5) is 5.13 Å². The molecule has 1 heterocycles. The molecule has 0 fully saturated rings. The van der Waals surface area contributed by atoms with Crippen molar-refractivity contribution in [1.82, 2.24) is 4.98 Å². The fourth-order valence-electron chi connectivity index (χ4n) is 2.39. The number of sulfonamides is 1. The van der Waals surface area contributed by atoms with Crippen LogP contribution in [0.1, 0.15) is 19.4 Å². The highest BCUT2D eigenvalue weighted by Gasteiger charge is 2.16. The predicted octanol–water partition coefficient (Wildman–Crippen LogP) is 5.06. The molecule has 1 N–H and O–H groups in total. The van der Waals surface area contributed by atoms with Crippen molar-refractivity contribution in [1.29, 1.82) is 0 Å². The monoisotopic (exact) mass is 424 g/mol. The topological polar surface area (TPSA) is 59.1 Å². The molecule has 0 radical (unpaired) electrons. The van der Waals surface area contributed by atoms with Crippen LogP contribution in [0.3, 0.4) is 0 Å². The first-order valence-corrected chi connectivity index (χ1v) is 10.6. The maximum atomic E-state index is 12.5. The number of anilines is 1. The van der Waals surface area contributed by atoms with E-state index in [1.165, 1.54) is 11.3 Å². The molecule has 1 aromatic heterocycles. The van der Waals surface area contributed by atoms with Gasteiger partial charge in [-0.25, -0.2) is 13.4 Å². The molecule has 126 valence electrons. The molecule has 0 saturated heterocycles. The smallest absolute Gasteiger partial charge is 0.255 e. The minimum atomic E-state index is -3.63. The predicted molar refractivity (Wildman–Crippen MR) is 103 cm³/mol. The molecule has 4 nitrogen and oxygen atoms in total. The zero-order chi connectivity index (χ0) is 17.3. The van der Waals surface area contributed by atoms with Gasteiger partial charge in [-0.2, -0.15) is 0 Å². The van der Waals surface area contributed by atoms with E-state index in [2.05, 4.69) is 39.5 Å². The van der Waals surface area contributed by atoms with Crippen LogP contribution in [-0.2, 0) is 16.4 Å². The van der Waals surface area contributed by atoms with Gasteiger partial charge in [-0.05, 0) is 48.2 Å². The third kappa shape index (κ3) is 3.96. The Hall–Kier alpha value is -1.44. The number of benzene rings is 2. The summed E-state index contributed by atoms with van der Waals surface area (Å²) in [5.41, 5.74) is 1.90. The van der Waals surface area contributed by atoms with Crippen molar-refractivity contribution < 1.29 is 8.42 Å². The maximum Gasteiger partial charge on any atom is 0.263 e. The second kappa shape index (κ2) is 6.82. The Morgan fingerprint density at radius 1 is 1.17 bits per heavy atom. The third-order valence-corrected chi connectivity index (χ3v) is 6.36. The lowest BCUT2D eigenvalue weighted by molar-refractivity contribution is 0.601.